The van der Waals surface area contributed by atoms with Gasteiger partial charge in [-0.2, -0.15) is 0 Å². The molecule has 1 atom stereocenters. The molecule has 1 unspecified atom stereocenters. The quantitative estimate of drug-likeness (QED) is 0.672. The summed E-state index contributed by atoms with van der Waals surface area (Å²) in [6.07, 6.45) is 0.795. The molecule has 1 aromatic rings. The van der Waals surface area contributed by atoms with E-state index in [1.54, 1.807) is 11.8 Å². The maximum absolute atomic E-state index is 14.0. The zero-order chi connectivity index (χ0) is 14.0. The van der Waals surface area contributed by atoms with Crippen molar-refractivity contribution in [3.05, 3.63) is 33.9 Å². The topological polar surface area (TPSA) is 58.4 Å². The van der Waals surface area contributed by atoms with Crippen LogP contribution in [0.25, 0.3) is 0 Å². The van der Waals surface area contributed by atoms with Crippen molar-refractivity contribution in [1.29, 1.82) is 0 Å². The Hall–Kier alpha value is -1.76. The largest absolute Gasteiger partial charge is 0.363 e. The summed E-state index contributed by atoms with van der Waals surface area (Å²) in [5.74, 6) is -1.78. The van der Waals surface area contributed by atoms with Gasteiger partial charge in [-0.15, -0.1) is 0 Å². The fourth-order valence-corrected chi connectivity index (χ4v) is 2.44. The van der Waals surface area contributed by atoms with Crippen LogP contribution < -0.4 is 10.2 Å². The molecule has 1 heterocycles. The Morgan fingerprint density at radius 3 is 2.53 bits per heavy atom. The van der Waals surface area contributed by atoms with Crippen LogP contribution in [0.3, 0.4) is 0 Å². The summed E-state index contributed by atoms with van der Waals surface area (Å²) < 4.78 is 27.9. The van der Waals surface area contributed by atoms with Gasteiger partial charge in [-0.3, -0.25) is 10.1 Å². The Balaban J connectivity index is 2.39. The van der Waals surface area contributed by atoms with Crippen molar-refractivity contribution in [3.8, 4) is 0 Å². The second kappa shape index (κ2) is 5.48. The number of halogens is 2. The van der Waals surface area contributed by atoms with Crippen LogP contribution in [0.2, 0.25) is 0 Å². The molecule has 1 aliphatic rings. The molecule has 1 aromatic carbocycles. The molecule has 1 saturated heterocycles. The van der Waals surface area contributed by atoms with Gasteiger partial charge in [0.15, 0.2) is 11.6 Å². The lowest BCUT2D eigenvalue weighted by molar-refractivity contribution is -0.385. The molecule has 1 N–H and O–H groups in total. The van der Waals surface area contributed by atoms with Crippen LogP contribution in [0.4, 0.5) is 20.2 Å². The van der Waals surface area contributed by atoms with E-state index in [0.717, 1.165) is 25.1 Å². The monoisotopic (exact) mass is 271 g/mol. The van der Waals surface area contributed by atoms with Gasteiger partial charge >= 0.3 is 0 Å². The summed E-state index contributed by atoms with van der Waals surface area (Å²) in [4.78, 5) is 11.4. The van der Waals surface area contributed by atoms with E-state index in [1.807, 2.05) is 0 Å². The number of nitro groups is 1. The fraction of sp³-hybridized carbons (Fsp3) is 0.500. The van der Waals surface area contributed by atoms with E-state index in [0.29, 0.717) is 13.1 Å². The summed E-state index contributed by atoms with van der Waals surface area (Å²) >= 11 is 0. The van der Waals surface area contributed by atoms with E-state index in [9.17, 15) is 18.9 Å². The molecule has 1 fully saturated rings. The standard InChI is InChI=1S/C12H15F2N3O2/c1-2-16(8-3-4-15-7-8)12-10(13)5-9(17(18)19)6-11(12)14/h5-6,8,15H,2-4,7H2,1H3. The molecule has 19 heavy (non-hydrogen) atoms. The minimum absolute atomic E-state index is 0.00968. The summed E-state index contributed by atoms with van der Waals surface area (Å²) in [5.41, 5.74) is -0.749. The van der Waals surface area contributed by atoms with Crippen molar-refractivity contribution < 1.29 is 13.7 Å². The highest BCUT2D eigenvalue weighted by molar-refractivity contribution is 5.54. The van der Waals surface area contributed by atoms with Crippen LogP contribution in [0.1, 0.15) is 13.3 Å². The van der Waals surface area contributed by atoms with Crippen molar-refractivity contribution in [1.82, 2.24) is 5.32 Å². The molecule has 5 nitrogen and oxygen atoms in total. The number of nitro benzene ring substituents is 1. The highest BCUT2D eigenvalue weighted by Crippen LogP contribution is 2.30. The molecule has 0 amide bonds. The predicted octanol–water partition coefficient (Wildman–Crippen LogP) is 2.06. The number of nitrogens with one attached hydrogen (secondary N) is 1. The highest BCUT2D eigenvalue weighted by Gasteiger charge is 2.27. The molecule has 0 saturated carbocycles. The van der Waals surface area contributed by atoms with Gasteiger partial charge in [0.2, 0.25) is 0 Å². The first-order chi connectivity index (χ1) is 9.04. The Morgan fingerprint density at radius 2 is 2.11 bits per heavy atom. The minimum atomic E-state index is -0.888. The van der Waals surface area contributed by atoms with Gasteiger partial charge in [0.05, 0.1) is 17.1 Å². The van der Waals surface area contributed by atoms with Crippen LogP contribution in [-0.2, 0) is 0 Å². The lowest BCUT2D eigenvalue weighted by Gasteiger charge is -2.29. The number of anilines is 1. The normalized spacial score (nSPS) is 18.6. The molecular formula is C12H15F2N3O2. The molecule has 0 radical (unpaired) electrons. The second-order valence-electron chi connectivity index (χ2n) is 4.45. The van der Waals surface area contributed by atoms with Gasteiger partial charge in [-0.05, 0) is 19.9 Å². The Kier molecular flexibility index (Phi) is 3.94. The number of non-ortho nitro benzene ring substituents is 1. The van der Waals surface area contributed by atoms with Crippen LogP contribution in [-0.4, -0.2) is 30.6 Å². The zero-order valence-electron chi connectivity index (χ0n) is 10.5. The van der Waals surface area contributed by atoms with Gasteiger partial charge in [0, 0.05) is 19.1 Å². The third-order valence-corrected chi connectivity index (χ3v) is 3.32. The number of nitrogens with zero attached hydrogens (tertiary/aromatic N) is 2. The van der Waals surface area contributed by atoms with Crippen molar-refractivity contribution in [2.75, 3.05) is 24.5 Å². The van der Waals surface area contributed by atoms with Crippen LogP contribution in [0.15, 0.2) is 12.1 Å². The summed E-state index contributed by atoms with van der Waals surface area (Å²) in [6, 6.07) is 1.54. The van der Waals surface area contributed by atoms with Crippen molar-refractivity contribution in [2.24, 2.45) is 0 Å². The molecule has 2 rings (SSSR count). The van der Waals surface area contributed by atoms with Gasteiger partial charge in [-0.1, -0.05) is 0 Å². The van der Waals surface area contributed by atoms with Crippen molar-refractivity contribution >= 4 is 11.4 Å². The maximum Gasteiger partial charge on any atom is 0.275 e. The molecule has 0 aliphatic carbocycles. The van der Waals surface area contributed by atoms with Crippen LogP contribution in [0.5, 0.6) is 0 Å². The second-order valence-corrected chi connectivity index (χ2v) is 4.45. The Bertz CT molecular complexity index is 467. The van der Waals surface area contributed by atoms with Gasteiger partial charge in [0.1, 0.15) is 5.69 Å². The summed E-state index contributed by atoms with van der Waals surface area (Å²) in [7, 11) is 0. The van der Waals surface area contributed by atoms with Crippen LogP contribution >= 0.6 is 0 Å². The average molecular weight is 271 g/mol. The highest BCUT2D eigenvalue weighted by atomic mass is 19.1. The van der Waals surface area contributed by atoms with E-state index in [4.69, 9.17) is 0 Å². The van der Waals surface area contributed by atoms with E-state index in [1.165, 1.54) is 0 Å². The van der Waals surface area contributed by atoms with Gasteiger partial charge < -0.3 is 10.2 Å². The van der Waals surface area contributed by atoms with E-state index in [2.05, 4.69) is 5.32 Å². The van der Waals surface area contributed by atoms with Crippen molar-refractivity contribution in [3.63, 3.8) is 0 Å². The van der Waals surface area contributed by atoms with Gasteiger partial charge in [-0.25, -0.2) is 8.78 Å². The first-order valence-corrected chi connectivity index (χ1v) is 6.15. The number of likely N-dealkylation sites (N-methyl/N-ethyl adjacent to an activating group) is 1. The van der Waals surface area contributed by atoms with E-state index >= 15 is 0 Å². The number of hydrogen-bond acceptors (Lipinski definition) is 4. The molecule has 0 bridgehead atoms. The average Bonchev–Trinajstić information content (AvgIpc) is 2.86. The van der Waals surface area contributed by atoms with Crippen molar-refractivity contribution in [2.45, 2.75) is 19.4 Å². The van der Waals surface area contributed by atoms with Gasteiger partial charge in [0.25, 0.3) is 5.69 Å². The molecular weight excluding hydrogens is 256 g/mol. The third-order valence-electron chi connectivity index (χ3n) is 3.32. The fourth-order valence-electron chi connectivity index (χ4n) is 2.44. The number of hydrogen-bond donors (Lipinski definition) is 1. The lowest BCUT2D eigenvalue weighted by Crippen LogP contribution is -2.38. The molecule has 0 spiro atoms. The third kappa shape index (κ3) is 2.65. The lowest BCUT2D eigenvalue weighted by atomic mass is 10.1. The zero-order valence-corrected chi connectivity index (χ0v) is 10.5. The first-order valence-electron chi connectivity index (χ1n) is 6.15. The summed E-state index contributed by atoms with van der Waals surface area (Å²) in [5, 5.41) is 13.7. The molecule has 104 valence electrons. The smallest absolute Gasteiger partial charge is 0.275 e. The van der Waals surface area contributed by atoms with E-state index in [-0.39, 0.29) is 11.7 Å². The predicted molar refractivity (Wildman–Crippen MR) is 67.3 cm³/mol. The number of benzene rings is 1. The molecule has 7 heteroatoms. The molecule has 1 aliphatic heterocycles. The van der Waals surface area contributed by atoms with Crippen LogP contribution in [0, 0.1) is 21.7 Å². The first kappa shape index (κ1) is 13.7. The summed E-state index contributed by atoms with van der Waals surface area (Å²) in [6.45, 7) is 3.71. The SMILES string of the molecule is CCN(c1c(F)cc([N+](=O)[O-])cc1F)C1CCNC1. The maximum atomic E-state index is 14.0. The minimum Gasteiger partial charge on any atom is -0.363 e. The Labute approximate surface area is 109 Å². The Morgan fingerprint density at radius 1 is 1.47 bits per heavy atom. The van der Waals surface area contributed by atoms with E-state index < -0.39 is 22.2 Å². The molecule has 0 aromatic heterocycles. The number of rotatable bonds is 4.